The van der Waals surface area contributed by atoms with Crippen molar-refractivity contribution in [1.82, 2.24) is 30.7 Å². The van der Waals surface area contributed by atoms with Crippen LogP contribution in [0, 0.1) is 0 Å². The molecule has 0 fully saturated rings. The molecule has 0 bridgehead atoms. The molecule has 3 N–H and O–H groups in total. The lowest BCUT2D eigenvalue weighted by Crippen LogP contribution is -2.39. The molecule has 13 nitrogen and oxygen atoms in total. The summed E-state index contributed by atoms with van der Waals surface area (Å²) in [7, 11) is 5.16. The zero-order chi connectivity index (χ0) is 50.2. The van der Waals surface area contributed by atoms with E-state index in [4.69, 9.17) is 18.9 Å². The van der Waals surface area contributed by atoms with Crippen molar-refractivity contribution in [2.24, 2.45) is 0 Å². The molecule has 0 aromatic heterocycles. The van der Waals surface area contributed by atoms with Gasteiger partial charge >= 0.3 is 0 Å². The van der Waals surface area contributed by atoms with Crippen LogP contribution in [0.5, 0.6) is 23.0 Å². The molecule has 0 aliphatic rings. The summed E-state index contributed by atoms with van der Waals surface area (Å²) >= 11 is 0. The average Bonchev–Trinajstić information content (AvgIpc) is 3.34. The van der Waals surface area contributed by atoms with E-state index in [0.29, 0.717) is 26.2 Å². The van der Waals surface area contributed by atoms with Gasteiger partial charge in [-0.25, -0.2) is 0 Å². The maximum atomic E-state index is 12.2. The van der Waals surface area contributed by atoms with Crippen LogP contribution in [-0.4, -0.2) is 139 Å². The fraction of sp³-hybridized carbons (Fsp3) is 0.618. The van der Waals surface area contributed by atoms with E-state index in [9.17, 15) is 14.4 Å². The molecule has 0 radical (unpaired) electrons. The van der Waals surface area contributed by atoms with Gasteiger partial charge in [0, 0.05) is 40.3 Å². The molecule has 0 aliphatic carbocycles. The summed E-state index contributed by atoms with van der Waals surface area (Å²) in [4.78, 5) is 40.9. The van der Waals surface area contributed by atoms with Crippen molar-refractivity contribution in [1.29, 1.82) is 0 Å². The molecule has 0 spiro atoms. The lowest BCUT2D eigenvalue weighted by molar-refractivity contribution is -0.130. The number of nitrogens with one attached hydrogen (secondary N) is 3. The van der Waals surface area contributed by atoms with E-state index in [2.05, 4.69) is 74.8 Å². The van der Waals surface area contributed by atoms with Crippen molar-refractivity contribution in [3.63, 3.8) is 0 Å². The van der Waals surface area contributed by atoms with Crippen molar-refractivity contribution in [3.8, 4) is 23.0 Å². The normalized spacial score (nSPS) is 10.5. The number of hydrogen-bond donors (Lipinski definition) is 3. The van der Waals surface area contributed by atoms with Crippen LogP contribution in [0.3, 0.4) is 0 Å². The zero-order valence-electron chi connectivity index (χ0n) is 44.0. The first kappa shape index (κ1) is 61.2. The van der Waals surface area contributed by atoms with Crippen LogP contribution in [0.15, 0.2) is 66.7 Å². The Morgan fingerprint density at radius 3 is 1.32 bits per heavy atom. The number of benzene rings is 3. The first-order valence-corrected chi connectivity index (χ1v) is 25.6. The van der Waals surface area contributed by atoms with Gasteiger partial charge < -0.3 is 49.6 Å². The molecule has 0 saturated heterocycles. The van der Waals surface area contributed by atoms with Gasteiger partial charge in [0.15, 0.2) is 11.5 Å². The number of ether oxygens (including phenoxy) is 4. The first-order chi connectivity index (χ1) is 33.0. The topological polar surface area (TPSA) is 134 Å². The van der Waals surface area contributed by atoms with Crippen molar-refractivity contribution in [3.05, 3.63) is 83.4 Å². The minimum Gasteiger partial charge on any atom is -0.494 e. The summed E-state index contributed by atoms with van der Waals surface area (Å²) in [6, 6.07) is 22.4. The Morgan fingerprint density at radius 1 is 0.485 bits per heavy atom. The minimum atomic E-state index is 0.0818. The Morgan fingerprint density at radius 2 is 0.912 bits per heavy atom. The van der Waals surface area contributed by atoms with E-state index in [1.165, 1.54) is 11.1 Å². The van der Waals surface area contributed by atoms with E-state index in [1.54, 1.807) is 26.1 Å². The molecule has 3 rings (SSSR count). The lowest BCUT2D eigenvalue weighted by atomic mass is 10.1. The van der Waals surface area contributed by atoms with Crippen molar-refractivity contribution < 1.29 is 33.3 Å². The maximum Gasteiger partial charge on any atom is 0.236 e. The quantitative estimate of drug-likeness (QED) is 0.0500. The van der Waals surface area contributed by atoms with Gasteiger partial charge in [0.2, 0.25) is 17.7 Å². The number of methoxy groups -OCH3 is 1. The summed E-state index contributed by atoms with van der Waals surface area (Å²) in [5.41, 5.74) is 3.64. The maximum absolute atomic E-state index is 12.2. The van der Waals surface area contributed by atoms with Gasteiger partial charge in [-0.2, -0.15) is 0 Å². The third-order valence-electron chi connectivity index (χ3n) is 10.9. The Kier molecular flexibility index (Phi) is 36.0. The summed E-state index contributed by atoms with van der Waals surface area (Å²) < 4.78 is 22.5. The molecule has 0 atom stereocenters. The van der Waals surface area contributed by atoms with E-state index < -0.39 is 0 Å². The smallest absolute Gasteiger partial charge is 0.236 e. The van der Waals surface area contributed by atoms with Gasteiger partial charge in [0.25, 0.3) is 0 Å². The highest BCUT2D eigenvalue weighted by molar-refractivity contribution is 5.78. The molecule has 384 valence electrons. The minimum absolute atomic E-state index is 0.0818. The van der Waals surface area contributed by atoms with E-state index in [0.717, 1.165) is 158 Å². The van der Waals surface area contributed by atoms with Crippen LogP contribution in [0.25, 0.3) is 0 Å². The van der Waals surface area contributed by atoms with Crippen molar-refractivity contribution in [2.75, 3.05) is 106 Å². The predicted octanol–water partition coefficient (Wildman–Crippen LogP) is 8.61. The third-order valence-corrected chi connectivity index (χ3v) is 10.9. The van der Waals surface area contributed by atoms with Gasteiger partial charge in [-0.05, 0) is 138 Å². The van der Waals surface area contributed by atoms with Crippen LogP contribution in [0.1, 0.15) is 117 Å². The molecular weight excluding hydrogens is 857 g/mol. The Bertz CT molecular complexity index is 1750. The van der Waals surface area contributed by atoms with E-state index >= 15 is 0 Å². The fourth-order valence-electron chi connectivity index (χ4n) is 6.71. The number of hydrogen-bond acceptors (Lipinski definition) is 10. The van der Waals surface area contributed by atoms with E-state index in [-0.39, 0.29) is 17.7 Å². The largest absolute Gasteiger partial charge is 0.494 e. The second-order valence-electron chi connectivity index (χ2n) is 16.9. The SMILES string of the molecule is CCCCOc1cc(CCNCC(=O)N(C)C)ccc1OC.CCCCOc1cccc(CCNCC(=O)N(CC)CC)c1.CCCCOc1cccc(CCNCC(=O)N(CCC)CCC)c1. The Labute approximate surface area is 412 Å². The molecule has 0 unspecified atom stereocenters. The summed E-state index contributed by atoms with van der Waals surface area (Å²) in [5.74, 6) is 3.88. The van der Waals surface area contributed by atoms with Crippen LogP contribution in [0.4, 0.5) is 0 Å². The molecule has 0 heterocycles. The Balaban J connectivity index is 0.000000511. The number of likely N-dealkylation sites (N-methyl/N-ethyl adjacent to an activating group) is 2. The predicted molar refractivity (Wildman–Crippen MR) is 281 cm³/mol. The molecule has 13 heteroatoms. The number of rotatable bonds is 34. The molecule has 3 aromatic carbocycles. The molecule has 68 heavy (non-hydrogen) atoms. The number of nitrogens with zero attached hydrogens (tertiary/aromatic N) is 3. The second kappa shape index (κ2) is 40.1. The van der Waals surface area contributed by atoms with Gasteiger partial charge in [-0.15, -0.1) is 0 Å². The summed E-state index contributed by atoms with van der Waals surface area (Å²) in [6.45, 7) is 23.7. The van der Waals surface area contributed by atoms with Crippen molar-refractivity contribution in [2.45, 2.75) is 119 Å². The third kappa shape index (κ3) is 28.5. The molecule has 3 aromatic rings. The number of carbonyl (C=O) groups excluding carboxylic acids is 3. The van der Waals surface area contributed by atoms with Gasteiger partial charge in [0.1, 0.15) is 11.5 Å². The van der Waals surface area contributed by atoms with Crippen LogP contribution in [-0.2, 0) is 33.6 Å². The molecule has 0 aliphatic heterocycles. The first-order valence-electron chi connectivity index (χ1n) is 25.6. The fourth-order valence-corrected chi connectivity index (χ4v) is 6.71. The molecular formula is C55H92N6O7. The molecule has 0 saturated carbocycles. The second-order valence-corrected chi connectivity index (χ2v) is 16.9. The van der Waals surface area contributed by atoms with Crippen LogP contribution in [0.2, 0.25) is 0 Å². The lowest BCUT2D eigenvalue weighted by Gasteiger charge is -2.21. The zero-order valence-corrected chi connectivity index (χ0v) is 44.0. The summed E-state index contributed by atoms with van der Waals surface area (Å²) in [5, 5.41) is 9.65. The highest BCUT2D eigenvalue weighted by Crippen LogP contribution is 2.28. The average molecular weight is 949 g/mol. The standard InChI is InChI=1S/C20H34N2O2.C18H30N2O2.C17H28N2O3/c1-4-7-15-24-19-10-8-9-18(16-19)11-12-21-17-20(23)22(13-5-2)14-6-3;1-4-7-13-22-17-10-8-9-16(14-17)11-12-19-15-18(21)20(5-2)6-3;1-5-6-11-22-16-12-14(7-8-15(16)21-4)9-10-18-13-17(20)19(2)3/h8-10,16,21H,4-7,11-15,17H2,1-3H3;8-10,14,19H,4-7,11-13,15H2,1-3H3;7-8,12,18H,5-6,9-11,13H2,1-4H3. The summed E-state index contributed by atoms with van der Waals surface area (Å²) in [6.07, 6.45) is 11.2. The van der Waals surface area contributed by atoms with Crippen LogP contribution < -0.4 is 34.9 Å². The highest BCUT2D eigenvalue weighted by atomic mass is 16.5. The van der Waals surface area contributed by atoms with E-state index in [1.807, 2.05) is 66.1 Å². The number of amides is 3. The monoisotopic (exact) mass is 949 g/mol. The van der Waals surface area contributed by atoms with Crippen LogP contribution >= 0.6 is 0 Å². The van der Waals surface area contributed by atoms with Gasteiger partial charge in [0.05, 0.1) is 46.6 Å². The van der Waals surface area contributed by atoms with Gasteiger partial charge in [-0.3, -0.25) is 14.4 Å². The highest BCUT2D eigenvalue weighted by Gasteiger charge is 2.12. The van der Waals surface area contributed by atoms with Crippen molar-refractivity contribution >= 4 is 17.7 Å². The number of carbonyl (C=O) groups is 3. The molecule has 3 amide bonds. The Hall–Kier alpha value is -4.85. The number of unbranched alkanes of at least 4 members (excludes halogenated alkanes) is 3. The van der Waals surface area contributed by atoms with Gasteiger partial charge in [-0.1, -0.05) is 84.2 Å².